The number of aryl methyl sites for hydroxylation is 2. The van der Waals surface area contributed by atoms with Gasteiger partial charge in [0.25, 0.3) is 0 Å². The second-order valence-corrected chi connectivity index (χ2v) is 5.24. The van der Waals surface area contributed by atoms with Crippen LogP contribution in [-0.4, -0.2) is 29.4 Å². The molecule has 1 rings (SSSR count). The topological polar surface area (TPSA) is 66.8 Å². The third-order valence-electron chi connectivity index (χ3n) is 3.34. The maximum absolute atomic E-state index is 11.0. The summed E-state index contributed by atoms with van der Waals surface area (Å²) in [6.45, 7) is 5.62. The van der Waals surface area contributed by atoms with Crippen molar-refractivity contribution in [1.82, 2.24) is 0 Å². The number of hydrogen-bond donors (Lipinski definition) is 2. The lowest BCUT2D eigenvalue weighted by atomic mass is 9.87. The average molecular weight is 266 g/mol. The Morgan fingerprint density at radius 1 is 1.37 bits per heavy atom. The van der Waals surface area contributed by atoms with Crippen molar-refractivity contribution in [3.63, 3.8) is 0 Å². The maximum atomic E-state index is 11.0. The average Bonchev–Trinajstić information content (AvgIpc) is 2.38. The van der Waals surface area contributed by atoms with Gasteiger partial charge >= 0.3 is 5.97 Å². The van der Waals surface area contributed by atoms with E-state index in [1.54, 1.807) is 6.92 Å². The summed E-state index contributed by atoms with van der Waals surface area (Å²) in [7, 11) is 0. The second kappa shape index (κ2) is 6.57. The van der Waals surface area contributed by atoms with Crippen molar-refractivity contribution in [2.75, 3.05) is 13.2 Å². The molecule has 4 heteroatoms. The third-order valence-corrected chi connectivity index (χ3v) is 3.34. The summed E-state index contributed by atoms with van der Waals surface area (Å²) < 4.78 is 5.66. The van der Waals surface area contributed by atoms with Gasteiger partial charge in [-0.15, -0.1) is 0 Å². The van der Waals surface area contributed by atoms with Gasteiger partial charge in [-0.25, -0.2) is 0 Å². The van der Waals surface area contributed by atoms with E-state index >= 15 is 0 Å². The van der Waals surface area contributed by atoms with E-state index in [1.807, 2.05) is 32.0 Å². The molecule has 0 aliphatic carbocycles. The lowest BCUT2D eigenvalue weighted by molar-refractivity contribution is -0.150. The van der Waals surface area contributed by atoms with Crippen LogP contribution in [0.15, 0.2) is 18.2 Å². The van der Waals surface area contributed by atoms with E-state index in [0.29, 0.717) is 19.4 Å². The van der Waals surface area contributed by atoms with Gasteiger partial charge in [0.05, 0.1) is 18.6 Å². The molecular formula is C15H22O4. The Bertz CT molecular complexity index is 442. The Kier molecular flexibility index (Phi) is 5.36. The second-order valence-electron chi connectivity index (χ2n) is 5.24. The van der Waals surface area contributed by atoms with E-state index in [4.69, 9.17) is 14.9 Å². The maximum Gasteiger partial charge on any atom is 0.311 e. The molecule has 0 saturated heterocycles. The summed E-state index contributed by atoms with van der Waals surface area (Å²) in [4.78, 5) is 11.0. The highest BCUT2D eigenvalue weighted by atomic mass is 16.5. The highest BCUT2D eigenvalue weighted by molar-refractivity contribution is 5.74. The van der Waals surface area contributed by atoms with E-state index in [1.165, 1.54) is 0 Å². The molecule has 0 fully saturated rings. The van der Waals surface area contributed by atoms with Gasteiger partial charge in [0.2, 0.25) is 0 Å². The molecule has 2 N–H and O–H groups in total. The first-order chi connectivity index (χ1) is 8.89. The molecule has 0 spiro atoms. The number of aliphatic carboxylic acids is 1. The summed E-state index contributed by atoms with van der Waals surface area (Å²) in [5, 5.41) is 18.2. The normalized spacial score (nSPS) is 13.9. The lowest BCUT2D eigenvalue weighted by Gasteiger charge is -2.21. The van der Waals surface area contributed by atoms with Crippen molar-refractivity contribution in [2.45, 2.75) is 33.6 Å². The van der Waals surface area contributed by atoms with E-state index in [2.05, 4.69) is 0 Å². The molecule has 0 aliphatic heterocycles. The molecule has 19 heavy (non-hydrogen) atoms. The first-order valence-corrected chi connectivity index (χ1v) is 6.43. The predicted octanol–water partition coefficient (Wildman–Crippen LogP) is 2.55. The fraction of sp³-hybridized carbons (Fsp3) is 0.533. The Morgan fingerprint density at radius 2 is 2.05 bits per heavy atom. The van der Waals surface area contributed by atoms with Crippen LogP contribution in [0.4, 0.5) is 0 Å². The van der Waals surface area contributed by atoms with Crippen molar-refractivity contribution in [2.24, 2.45) is 5.41 Å². The number of aliphatic hydroxyl groups is 1. The fourth-order valence-corrected chi connectivity index (χ4v) is 1.76. The predicted molar refractivity (Wildman–Crippen MR) is 73.5 cm³/mol. The Hall–Kier alpha value is -1.55. The van der Waals surface area contributed by atoms with Crippen molar-refractivity contribution in [3.8, 4) is 5.75 Å². The van der Waals surface area contributed by atoms with Gasteiger partial charge in [0, 0.05) is 0 Å². The summed E-state index contributed by atoms with van der Waals surface area (Å²) in [5.74, 6) is -0.136. The van der Waals surface area contributed by atoms with Crippen LogP contribution < -0.4 is 4.74 Å². The van der Waals surface area contributed by atoms with Crippen LogP contribution in [0.2, 0.25) is 0 Å². The first-order valence-electron chi connectivity index (χ1n) is 6.43. The molecule has 1 atom stereocenters. The molecule has 1 aromatic rings. The van der Waals surface area contributed by atoms with Gasteiger partial charge in [0.15, 0.2) is 0 Å². The lowest BCUT2D eigenvalue weighted by Crippen LogP contribution is -2.31. The minimum atomic E-state index is -1.08. The molecule has 0 aliphatic rings. The van der Waals surface area contributed by atoms with Crippen molar-refractivity contribution >= 4 is 5.97 Å². The molecule has 0 bridgehead atoms. The highest BCUT2D eigenvalue weighted by Crippen LogP contribution is 2.24. The Labute approximate surface area is 114 Å². The van der Waals surface area contributed by atoms with Crippen LogP contribution in [0, 0.1) is 19.3 Å². The van der Waals surface area contributed by atoms with Crippen LogP contribution in [0.25, 0.3) is 0 Å². The van der Waals surface area contributed by atoms with Crippen molar-refractivity contribution < 1.29 is 19.7 Å². The quantitative estimate of drug-likeness (QED) is 0.744. The fourth-order valence-electron chi connectivity index (χ4n) is 1.76. The number of carboxylic acid groups (broad SMARTS) is 1. The van der Waals surface area contributed by atoms with Gasteiger partial charge in [-0.1, -0.05) is 12.1 Å². The molecule has 0 aromatic heterocycles. The van der Waals surface area contributed by atoms with Gasteiger partial charge in [-0.05, 0) is 50.8 Å². The molecule has 1 aromatic carbocycles. The number of ether oxygens (including phenoxy) is 1. The first kappa shape index (κ1) is 15.5. The van der Waals surface area contributed by atoms with Crippen LogP contribution >= 0.6 is 0 Å². The summed E-state index contributed by atoms with van der Waals surface area (Å²) in [6.07, 6.45) is 0.987. The standard InChI is InChI=1S/C15H22O4/c1-11-5-6-12(2)13(9-11)19-8-4-7-15(3,10-16)14(17)18/h5-6,9,16H,4,7-8,10H2,1-3H3,(H,17,18). The number of rotatable bonds is 7. The SMILES string of the molecule is Cc1ccc(C)c(OCCCC(C)(CO)C(=O)O)c1. The van der Waals surface area contributed by atoms with Crippen molar-refractivity contribution in [1.29, 1.82) is 0 Å². The minimum Gasteiger partial charge on any atom is -0.493 e. The summed E-state index contributed by atoms with van der Waals surface area (Å²) in [6, 6.07) is 5.99. The minimum absolute atomic E-state index is 0.355. The molecule has 0 amide bonds. The van der Waals surface area contributed by atoms with Crippen LogP contribution in [0.5, 0.6) is 5.75 Å². The van der Waals surface area contributed by atoms with Gasteiger partial charge in [-0.3, -0.25) is 4.79 Å². The zero-order valence-corrected chi connectivity index (χ0v) is 11.8. The zero-order valence-electron chi connectivity index (χ0n) is 11.8. The molecule has 0 saturated carbocycles. The molecular weight excluding hydrogens is 244 g/mol. The number of benzene rings is 1. The molecule has 4 nitrogen and oxygen atoms in total. The highest BCUT2D eigenvalue weighted by Gasteiger charge is 2.31. The van der Waals surface area contributed by atoms with Gasteiger partial charge in [-0.2, -0.15) is 0 Å². The molecule has 106 valence electrons. The molecule has 1 unspecified atom stereocenters. The number of aliphatic hydroxyl groups excluding tert-OH is 1. The largest absolute Gasteiger partial charge is 0.493 e. The summed E-state index contributed by atoms with van der Waals surface area (Å²) in [5.41, 5.74) is 1.12. The number of carboxylic acids is 1. The van der Waals surface area contributed by atoms with Gasteiger partial charge in [0.1, 0.15) is 5.75 Å². The van der Waals surface area contributed by atoms with E-state index in [9.17, 15) is 4.79 Å². The Morgan fingerprint density at radius 3 is 2.63 bits per heavy atom. The zero-order chi connectivity index (χ0) is 14.5. The van der Waals surface area contributed by atoms with E-state index in [0.717, 1.165) is 16.9 Å². The van der Waals surface area contributed by atoms with Crippen LogP contribution in [0.3, 0.4) is 0 Å². The number of carbonyl (C=O) groups is 1. The smallest absolute Gasteiger partial charge is 0.311 e. The summed E-state index contributed by atoms with van der Waals surface area (Å²) >= 11 is 0. The van der Waals surface area contributed by atoms with Crippen molar-refractivity contribution in [3.05, 3.63) is 29.3 Å². The van der Waals surface area contributed by atoms with Gasteiger partial charge < -0.3 is 14.9 Å². The Balaban J connectivity index is 2.47. The molecule has 0 radical (unpaired) electrons. The third kappa shape index (κ3) is 4.24. The molecule has 0 heterocycles. The van der Waals surface area contributed by atoms with E-state index in [-0.39, 0.29) is 6.61 Å². The number of hydrogen-bond acceptors (Lipinski definition) is 3. The van der Waals surface area contributed by atoms with Crippen LogP contribution in [-0.2, 0) is 4.79 Å². The van der Waals surface area contributed by atoms with Crippen LogP contribution in [0.1, 0.15) is 30.9 Å². The monoisotopic (exact) mass is 266 g/mol. The van der Waals surface area contributed by atoms with E-state index < -0.39 is 11.4 Å².